The number of benzene rings is 1. The fraction of sp³-hybridized carbons (Fsp3) is 0.500. The number of carbonyl (C=O) groups excluding carboxylic acids is 2. The van der Waals surface area contributed by atoms with Gasteiger partial charge in [-0.2, -0.15) is 0 Å². The van der Waals surface area contributed by atoms with Gasteiger partial charge in [0.2, 0.25) is 10.0 Å². The molecule has 138 valence electrons. The van der Waals surface area contributed by atoms with E-state index in [1.165, 1.54) is 4.31 Å². The van der Waals surface area contributed by atoms with Crippen molar-refractivity contribution in [2.24, 2.45) is 5.92 Å². The van der Waals surface area contributed by atoms with Crippen LogP contribution in [0.2, 0.25) is 0 Å². The summed E-state index contributed by atoms with van der Waals surface area (Å²) in [5.74, 6) is -1.21. The first-order chi connectivity index (χ1) is 11.8. The summed E-state index contributed by atoms with van der Waals surface area (Å²) in [6.07, 6.45) is 0.813. The maximum Gasteiger partial charge on any atom is 0.309 e. The molecule has 1 aromatic carbocycles. The zero-order valence-corrected chi connectivity index (χ0v) is 16.3. The Bertz CT molecular complexity index is 730. The molecular weight excluding hydrogens is 412 g/mol. The van der Waals surface area contributed by atoms with Gasteiger partial charge in [-0.15, -0.1) is 0 Å². The lowest BCUT2D eigenvalue weighted by atomic mass is 9.98. The number of carbonyl (C=O) groups is 2. The normalized spacial score (nSPS) is 16.4. The van der Waals surface area contributed by atoms with Gasteiger partial charge in [-0.25, -0.2) is 12.7 Å². The molecular formula is C16H21BrN2O5S. The van der Waals surface area contributed by atoms with Gasteiger partial charge in [0.25, 0.3) is 5.91 Å². The number of hydrogen-bond acceptors (Lipinski definition) is 5. The van der Waals surface area contributed by atoms with Gasteiger partial charge in [0.05, 0.1) is 17.4 Å². The van der Waals surface area contributed by atoms with Crippen LogP contribution in [0.3, 0.4) is 0 Å². The molecule has 1 amide bonds. The molecule has 1 saturated heterocycles. The summed E-state index contributed by atoms with van der Waals surface area (Å²) < 4.78 is 30.8. The lowest BCUT2D eigenvalue weighted by molar-refractivity contribution is -0.152. The second kappa shape index (κ2) is 8.77. The van der Waals surface area contributed by atoms with Crippen molar-refractivity contribution in [3.05, 3.63) is 28.7 Å². The van der Waals surface area contributed by atoms with Gasteiger partial charge in [0.1, 0.15) is 0 Å². The number of rotatable bonds is 6. The molecule has 1 aliphatic rings. The van der Waals surface area contributed by atoms with E-state index < -0.39 is 21.9 Å². The number of nitrogens with zero attached hydrogens (tertiary/aromatic N) is 1. The maximum atomic E-state index is 12.1. The van der Waals surface area contributed by atoms with E-state index in [2.05, 4.69) is 21.2 Å². The molecule has 1 heterocycles. The zero-order valence-electron chi connectivity index (χ0n) is 13.9. The predicted octanol–water partition coefficient (Wildman–Crippen LogP) is 1.99. The van der Waals surface area contributed by atoms with E-state index in [9.17, 15) is 18.0 Å². The number of piperidine rings is 1. The van der Waals surface area contributed by atoms with E-state index in [0.717, 1.165) is 4.47 Å². The summed E-state index contributed by atoms with van der Waals surface area (Å²) in [7, 11) is -3.22. The first kappa shape index (κ1) is 19.9. The number of sulfonamides is 1. The number of halogens is 1. The minimum absolute atomic E-state index is 0.0529. The quantitative estimate of drug-likeness (QED) is 0.693. The Labute approximate surface area is 155 Å². The van der Waals surface area contributed by atoms with Gasteiger partial charge in [-0.3, -0.25) is 9.59 Å². The summed E-state index contributed by atoms with van der Waals surface area (Å²) in [6.45, 7) is 1.84. The van der Waals surface area contributed by atoms with Crippen LogP contribution in [-0.4, -0.2) is 50.0 Å². The molecule has 0 aliphatic carbocycles. The van der Waals surface area contributed by atoms with Crippen LogP contribution in [-0.2, 0) is 24.3 Å². The molecule has 0 atom stereocenters. The van der Waals surface area contributed by atoms with Crippen molar-refractivity contribution in [3.63, 3.8) is 0 Å². The number of amides is 1. The van der Waals surface area contributed by atoms with E-state index in [-0.39, 0.29) is 18.3 Å². The van der Waals surface area contributed by atoms with Crippen LogP contribution in [0.5, 0.6) is 0 Å². The van der Waals surface area contributed by atoms with Gasteiger partial charge in [0.15, 0.2) is 6.61 Å². The van der Waals surface area contributed by atoms with Gasteiger partial charge in [-0.05, 0) is 47.8 Å². The smallest absolute Gasteiger partial charge is 0.309 e. The SMILES string of the molecule is CCS(=O)(=O)N1CCC(C(=O)OCC(=O)Nc2ccccc2Br)CC1. The summed E-state index contributed by atoms with van der Waals surface area (Å²) in [5, 5.41) is 2.65. The Hall–Kier alpha value is -1.45. The largest absolute Gasteiger partial charge is 0.455 e. The fourth-order valence-corrected chi connectivity index (χ4v) is 4.07. The summed E-state index contributed by atoms with van der Waals surface area (Å²) in [5.41, 5.74) is 0.599. The molecule has 0 bridgehead atoms. The number of hydrogen-bond donors (Lipinski definition) is 1. The Morgan fingerprint density at radius 2 is 1.92 bits per heavy atom. The molecule has 0 unspecified atom stereocenters. The molecule has 0 aromatic heterocycles. The van der Waals surface area contributed by atoms with E-state index in [1.807, 2.05) is 6.07 Å². The van der Waals surface area contributed by atoms with Crippen LogP contribution in [0, 0.1) is 5.92 Å². The lowest BCUT2D eigenvalue weighted by Gasteiger charge is -2.29. The monoisotopic (exact) mass is 432 g/mol. The van der Waals surface area contributed by atoms with Crippen molar-refractivity contribution < 1.29 is 22.7 Å². The van der Waals surface area contributed by atoms with Crippen molar-refractivity contribution in [3.8, 4) is 0 Å². The van der Waals surface area contributed by atoms with Gasteiger partial charge in [0, 0.05) is 17.6 Å². The molecule has 1 N–H and O–H groups in total. The molecule has 2 rings (SSSR count). The summed E-state index contributed by atoms with van der Waals surface area (Å²) in [4.78, 5) is 23.9. The van der Waals surface area contributed by atoms with Crippen LogP contribution in [0.4, 0.5) is 5.69 Å². The van der Waals surface area contributed by atoms with Crippen LogP contribution in [0.25, 0.3) is 0 Å². The van der Waals surface area contributed by atoms with Gasteiger partial charge < -0.3 is 10.1 Å². The third kappa shape index (κ3) is 5.52. The molecule has 0 radical (unpaired) electrons. The lowest BCUT2D eigenvalue weighted by Crippen LogP contribution is -2.41. The third-order valence-electron chi connectivity index (χ3n) is 4.04. The standard InChI is InChI=1S/C16H21BrN2O5S/c1-2-25(22,23)19-9-7-12(8-10-19)16(21)24-11-15(20)18-14-6-4-3-5-13(14)17/h3-6,12H,2,7-11H2,1H3,(H,18,20). The van der Waals surface area contributed by atoms with Gasteiger partial charge in [-0.1, -0.05) is 12.1 Å². The maximum absolute atomic E-state index is 12.1. The van der Waals surface area contributed by atoms with Crippen LogP contribution < -0.4 is 5.32 Å². The summed E-state index contributed by atoms with van der Waals surface area (Å²) >= 11 is 3.32. The molecule has 7 nitrogen and oxygen atoms in total. The van der Waals surface area contributed by atoms with Crippen LogP contribution in [0.15, 0.2) is 28.7 Å². The molecule has 1 aliphatic heterocycles. The minimum atomic E-state index is -3.22. The molecule has 25 heavy (non-hydrogen) atoms. The first-order valence-electron chi connectivity index (χ1n) is 8.02. The van der Waals surface area contributed by atoms with Crippen molar-refractivity contribution in [2.45, 2.75) is 19.8 Å². The van der Waals surface area contributed by atoms with E-state index in [1.54, 1.807) is 25.1 Å². The number of nitrogens with one attached hydrogen (secondary N) is 1. The third-order valence-corrected chi connectivity index (χ3v) is 6.61. The molecule has 1 aromatic rings. The molecule has 1 fully saturated rings. The number of esters is 1. The Balaban J connectivity index is 1.78. The first-order valence-corrected chi connectivity index (χ1v) is 10.4. The van der Waals surface area contributed by atoms with E-state index in [0.29, 0.717) is 31.6 Å². The molecule has 0 spiro atoms. The fourth-order valence-electron chi connectivity index (χ4n) is 2.56. The number of ether oxygens (including phenoxy) is 1. The average molecular weight is 433 g/mol. The average Bonchev–Trinajstić information content (AvgIpc) is 2.61. The highest BCUT2D eigenvalue weighted by Gasteiger charge is 2.31. The predicted molar refractivity (Wildman–Crippen MR) is 97.5 cm³/mol. The van der Waals surface area contributed by atoms with Crippen molar-refractivity contribution in [1.29, 1.82) is 0 Å². The van der Waals surface area contributed by atoms with E-state index >= 15 is 0 Å². The second-order valence-electron chi connectivity index (χ2n) is 5.71. The number of anilines is 1. The number of para-hydroxylation sites is 1. The highest BCUT2D eigenvalue weighted by atomic mass is 79.9. The highest BCUT2D eigenvalue weighted by molar-refractivity contribution is 9.10. The Morgan fingerprint density at radius 1 is 1.28 bits per heavy atom. The molecule has 0 saturated carbocycles. The van der Waals surface area contributed by atoms with E-state index in [4.69, 9.17) is 4.74 Å². The molecule has 9 heteroatoms. The summed E-state index contributed by atoms with van der Waals surface area (Å²) in [6, 6.07) is 7.13. The Kier molecular flexibility index (Phi) is 6.97. The van der Waals surface area contributed by atoms with Crippen LogP contribution >= 0.6 is 15.9 Å². The van der Waals surface area contributed by atoms with Gasteiger partial charge >= 0.3 is 5.97 Å². The second-order valence-corrected chi connectivity index (χ2v) is 8.82. The highest BCUT2D eigenvalue weighted by Crippen LogP contribution is 2.22. The Morgan fingerprint density at radius 3 is 2.52 bits per heavy atom. The topological polar surface area (TPSA) is 92.8 Å². The van der Waals surface area contributed by atoms with Crippen molar-refractivity contribution >= 4 is 43.5 Å². The minimum Gasteiger partial charge on any atom is -0.455 e. The van der Waals surface area contributed by atoms with Crippen molar-refractivity contribution in [2.75, 3.05) is 30.8 Å². The van der Waals surface area contributed by atoms with Crippen molar-refractivity contribution in [1.82, 2.24) is 4.31 Å². The zero-order chi connectivity index (χ0) is 18.4. The van der Waals surface area contributed by atoms with Crippen LogP contribution in [0.1, 0.15) is 19.8 Å².